The molecule has 9 aromatic rings. The summed E-state index contributed by atoms with van der Waals surface area (Å²) in [5.74, 6) is 1.08. The maximum absolute atomic E-state index is 4.66. The van der Waals surface area contributed by atoms with Gasteiger partial charge in [-0.15, -0.1) is 0 Å². The van der Waals surface area contributed by atoms with Crippen molar-refractivity contribution in [3.63, 3.8) is 0 Å². The number of hydrogen-bond donors (Lipinski definition) is 0. The Morgan fingerprint density at radius 2 is 1.14 bits per heavy atom. The first kappa shape index (κ1) is 35.4. The van der Waals surface area contributed by atoms with E-state index in [2.05, 4.69) is 182 Å². The number of nitrogens with zero attached hydrogens (tertiary/aromatic N) is 4. The Kier molecular flexibility index (Phi) is 8.03. The number of pyridine rings is 2. The normalized spacial score (nSPS) is 18.7. The lowest BCUT2D eigenvalue weighted by atomic mass is 9.62. The van der Waals surface area contributed by atoms with Crippen molar-refractivity contribution >= 4 is 49.2 Å². The standard InChI is InChI=1S/C55H46N4/c1-7-14-36(15-8-2)38-20-22-48-44(26-38)46-28-42-32(3)33(4)43-29-47-45-27-39(37-16-10-9-11-17-37)21-23-49(45)59(41-19-13-25-57-31-41)55(47)51-35(6)34(5)50(52(42)53(43)51)54(46)58(48)40-18-12-24-56-30-40/h7-35H,1H2,2-6H3/b15-8-,36-14+. The molecular weight excluding hydrogens is 717 g/mol. The van der Waals surface area contributed by atoms with Gasteiger partial charge in [0, 0.05) is 33.9 Å². The van der Waals surface area contributed by atoms with Crippen molar-refractivity contribution in [2.75, 3.05) is 0 Å². The second-order valence-corrected chi connectivity index (χ2v) is 16.7. The van der Waals surface area contributed by atoms with Gasteiger partial charge < -0.3 is 9.13 Å². The van der Waals surface area contributed by atoms with Crippen molar-refractivity contribution < 1.29 is 0 Å². The van der Waals surface area contributed by atoms with Gasteiger partial charge >= 0.3 is 0 Å². The van der Waals surface area contributed by atoms with E-state index in [1.54, 1.807) is 0 Å². The number of rotatable bonds is 6. The van der Waals surface area contributed by atoms with Gasteiger partial charge in [0.2, 0.25) is 0 Å². The fraction of sp³-hybridized carbons (Fsp3) is 0.164. The van der Waals surface area contributed by atoms with Crippen LogP contribution in [0.1, 0.15) is 86.1 Å². The van der Waals surface area contributed by atoms with E-state index in [-0.39, 0.29) is 11.8 Å². The Balaban J connectivity index is 1.30. The molecule has 0 saturated heterocycles. The molecule has 2 aliphatic carbocycles. The van der Waals surface area contributed by atoms with E-state index in [1.807, 2.05) is 30.9 Å². The van der Waals surface area contributed by atoms with Crippen molar-refractivity contribution in [1.29, 1.82) is 0 Å². The first-order valence-electron chi connectivity index (χ1n) is 21.0. The largest absolute Gasteiger partial charge is 0.307 e. The first-order chi connectivity index (χ1) is 28.9. The molecule has 0 bridgehead atoms. The molecule has 4 heteroatoms. The van der Waals surface area contributed by atoms with E-state index in [4.69, 9.17) is 0 Å². The molecule has 0 amide bonds. The molecule has 4 heterocycles. The zero-order valence-corrected chi connectivity index (χ0v) is 34.2. The number of fused-ring (bicyclic) bond motifs is 8. The number of benzene rings is 5. The molecule has 4 aromatic heterocycles. The van der Waals surface area contributed by atoms with Crippen LogP contribution in [-0.4, -0.2) is 19.1 Å². The quantitative estimate of drug-likeness (QED) is 0.158. The smallest absolute Gasteiger partial charge is 0.0645 e. The van der Waals surface area contributed by atoms with E-state index in [0.29, 0.717) is 11.8 Å². The lowest BCUT2D eigenvalue weighted by molar-refractivity contribution is 0.584. The van der Waals surface area contributed by atoms with Gasteiger partial charge in [-0.3, -0.25) is 9.97 Å². The van der Waals surface area contributed by atoms with Crippen LogP contribution in [0.25, 0.3) is 82.8 Å². The molecule has 11 rings (SSSR count). The summed E-state index contributed by atoms with van der Waals surface area (Å²) in [5.41, 5.74) is 20.7. The van der Waals surface area contributed by atoms with Crippen LogP contribution >= 0.6 is 0 Å². The molecular formula is C55H46N4. The Labute approximate surface area is 345 Å². The molecule has 0 aliphatic heterocycles. The second kappa shape index (κ2) is 13.4. The highest BCUT2D eigenvalue weighted by Crippen LogP contribution is 2.61. The number of hydrogen-bond acceptors (Lipinski definition) is 2. The molecule has 59 heavy (non-hydrogen) atoms. The molecule has 4 atom stereocenters. The third kappa shape index (κ3) is 5.02. The van der Waals surface area contributed by atoms with Gasteiger partial charge in [0.05, 0.1) is 45.8 Å². The zero-order chi connectivity index (χ0) is 40.1. The first-order valence-corrected chi connectivity index (χ1v) is 21.0. The van der Waals surface area contributed by atoms with Crippen LogP contribution in [0.15, 0.2) is 159 Å². The predicted molar refractivity (Wildman–Crippen MR) is 248 cm³/mol. The van der Waals surface area contributed by atoms with Crippen molar-refractivity contribution in [3.05, 3.63) is 187 Å². The second-order valence-electron chi connectivity index (χ2n) is 16.7. The highest BCUT2D eigenvalue weighted by atomic mass is 15.0. The molecule has 4 nitrogen and oxygen atoms in total. The van der Waals surface area contributed by atoms with Crippen molar-refractivity contribution in [1.82, 2.24) is 19.1 Å². The molecule has 0 saturated carbocycles. The zero-order valence-electron chi connectivity index (χ0n) is 34.2. The van der Waals surface area contributed by atoms with E-state index in [0.717, 1.165) is 16.9 Å². The van der Waals surface area contributed by atoms with Crippen LogP contribution < -0.4 is 0 Å². The molecule has 0 radical (unpaired) electrons. The third-order valence-electron chi connectivity index (χ3n) is 13.8. The maximum Gasteiger partial charge on any atom is 0.0645 e. The minimum atomic E-state index is 0.220. The van der Waals surface area contributed by atoms with Gasteiger partial charge in [0.25, 0.3) is 0 Å². The van der Waals surface area contributed by atoms with Crippen LogP contribution in [-0.2, 0) is 0 Å². The summed E-state index contributed by atoms with van der Waals surface area (Å²) in [7, 11) is 0. The van der Waals surface area contributed by atoms with Gasteiger partial charge in [-0.25, -0.2) is 0 Å². The topological polar surface area (TPSA) is 35.6 Å². The highest BCUT2D eigenvalue weighted by Gasteiger charge is 2.42. The summed E-state index contributed by atoms with van der Waals surface area (Å²) in [6.07, 6.45) is 16.0. The highest BCUT2D eigenvalue weighted by molar-refractivity contribution is 6.17. The van der Waals surface area contributed by atoms with Crippen LogP contribution in [0.4, 0.5) is 0 Å². The minimum absolute atomic E-state index is 0.220. The Morgan fingerprint density at radius 3 is 1.66 bits per heavy atom. The fourth-order valence-electron chi connectivity index (χ4n) is 10.7. The van der Waals surface area contributed by atoms with Gasteiger partial charge in [-0.1, -0.05) is 101 Å². The fourth-order valence-corrected chi connectivity index (χ4v) is 10.7. The van der Waals surface area contributed by atoms with Crippen LogP contribution in [0.3, 0.4) is 0 Å². The lowest BCUT2D eigenvalue weighted by Gasteiger charge is -2.42. The summed E-state index contributed by atoms with van der Waals surface area (Å²) >= 11 is 0. The van der Waals surface area contributed by atoms with Crippen molar-refractivity contribution in [2.24, 2.45) is 0 Å². The van der Waals surface area contributed by atoms with Crippen LogP contribution in [0, 0.1) is 0 Å². The van der Waals surface area contributed by atoms with Gasteiger partial charge in [0.1, 0.15) is 0 Å². The van der Waals surface area contributed by atoms with E-state index in [9.17, 15) is 0 Å². The van der Waals surface area contributed by atoms with Crippen LogP contribution in [0.5, 0.6) is 0 Å². The Hall–Kier alpha value is -6.78. The SMILES string of the molecule is C=C/C=C(\C=C/C)c1ccc2c(c1)c1cc3c4c(c1n2-c1cccnc1)C(C)C(C)c1c-4c(cc2c4cc(-c5ccccc5)ccc4n(-c4cccnc4)c12)C(C)C3C. The predicted octanol–water partition coefficient (Wildman–Crippen LogP) is 14.6. The van der Waals surface area contributed by atoms with E-state index >= 15 is 0 Å². The Morgan fingerprint density at radius 1 is 0.576 bits per heavy atom. The van der Waals surface area contributed by atoms with Crippen molar-refractivity contribution in [3.8, 4) is 33.6 Å². The number of allylic oxidation sites excluding steroid dienone is 5. The monoisotopic (exact) mass is 762 g/mol. The summed E-state index contributed by atoms with van der Waals surface area (Å²) in [6.45, 7) is 16.0. The average molecular weight is 763 g/mol. The summed E-state index contributed by atoms with van der Waals surface area (Å²) in [4.78, 5) is 9.31. The van der Waals surface area contributed by atoms with Gasteiger partial charge in [-0.05, 0) is 147 Å². The molecule has 2 aliphatic rings. The lowest BCUT2D eigenvalue weighted by Crippen LogP contribution is -2.24. The number of aromatic nitrogens is 4. The van der Waals surface area contributed by atoms with E-state index in [1.165, 1.54) is 93.7 Å². The molecule has 0 N–H and O–H groups in total. The summed E-state index contributed by atoms with van der Waals surface area (Å²) in [5, 5.41) is 5.17. The molecule has 286 valence electrons. The molecule has 0 fully saturated rings. The molecule has 0 spiro atoms. The third-order valence-corrected chi connectivity index (χ3v) is 13.8. The van der Waals surface area contributed by atoms with Gasteiger partial charge in [-0.2, -0.15) is 0 Å². The Bertz CT molecular complexity index is 3230. The van der Waals surface area contributed by atoms with Gasteiger partial charge in [0.15, 0.2) is 0 Å². The summed E-state index contributed by atoms with van der Waals surface area (Å²) in [6, 6.07) is 38.4. The summed E-state index contributed by atoms with van der Waals surface area (Å²) < 4.78 is 5.00. The maximum atomic E-state index is 4.66. The molecule has 4 unspecified atom stereocenters. The van der Waals surface area contributed by atoms with E-state index < -0.39 is 0 Å². The van der Waals surface area contributed by atoms with Crippen molar-refractivity contribution in [2.45, 2.75) is 58.3 Å². The molecule has 5 aromatic carbocycles. The minimum Gasteiger partial charge on any atom is -0.307 e. The van der Waals surface area contributed by atoms with Crippen LogP contribution in [0.2, 0.25) is 0 Å². The average Bonchev–Trinajstić information content (AvgIpc) is 3.78.